The van der Waals surface area contributed by atoms with E-state index in [-0.39, 0.29) is 24.8 Å². The Hall–Kier alpha value is -1.88. The molecule has 5 heteroatoms. The highest BCUT2D eigenvalue weighted by Gasteiger charge is 2.24. The number of carbonyl (C=O) groups is 2. The lowest BCUT2D eigenvalue weighted by atomic mass is 10.0. The first-order valence-electron chi connectivity index (χ1n) is 6.86. The van der Waals surface area contributed by atoms with E-state index in [1.165, 1.54) is 4.90 Å². The van der Waals surface area contributed by atoms with Gasteiger partial charge in [0.25, 0.3) is 0 Å². The van der Waals surface area contributed by atoms with Gasteiger partial charge in [0.15, 0.2) is 0 Å². The van der Waals surface area contributed by atoms with E-state index in [9.17, 15) is 9.59 Å². The van der Waals surface area contributed by atoms with Crippen LogP contribution in [0.15, 0.2) is 24.3 Å². The maximum atomic E-state index is 12.0. The van der Waals surface area contributed by atoms with E-state index in [0.717, 1.165) is 17.7 Å². The highest BCUT2D eigenvalue weighted by molar-refractivity contribution is 5.96. The number of amides is 2. The Labute approximate surface area is 118 Å². The van der Waals surface area contributed by atoms with Crippen LogP contribution in [0.1, 0.15) is 18.4 Å². The van der Waals surface area contributed by atoms with Crippen molar-refractivity contribution >= 4 is 17.5 Å². The highest BCUT2D eigenvalue weighted by atomic mass is 16.3. The van der Waals surface area contributed by atoms with Gasteiger partial charge in [-0.05, 0) is 18.1 Å². The summed E-state index contributed by atoms with van der Waals surface area (Å²) in [5.74, 6) is 0.0104. The zero-order chi connectivity index (χ0) is 14.5. The molecule has 1 aliphatic heterocycles. The Kier molecular flexibility index (Phi) is 4.74. The second kappa shape index (κ2) is 6.52. The van der Waals surface area contributed by atoms with Crippen molar-refractivity contribution in [2.75, 3.05) is 31.6 Å². The minimum Gasteiger partial charge on any atom is -0.395 e. The van der Waals surface area contributed by atoms with Crippen molar-refractivity contribution in [1.82, 2.24) is 4.90 Å². The molecule has 108 valence electrons. The molecule has 2 rings (SSSR count). The Morgan fingerprint density at radius 1 is 1.35 bits per heavy atom. The van der Waals surface area contributed by atoms with E-state index in [1.807, 2.05) is 24.3 Å². The molecule has 1 heterocycles. The first-order valence-corrected chi connectivity index (χ1v) is 6.86. The molecule has 0 atom stereocenters. The number of aryl methyl sites for hydroxylation is 1. The van der Waals surface area contributed by atoms with E-state index in [0.29, 0.717) is 19.5 Å². The van der Waals surface area contributed by atoms with Gasteiger partial charge >= 0.3 is 0 Å². The fourth-order valence-electron chi connectivity index (χ4n) is 2.41. The van der Waals surface area contributed by atoms with Gasteiger partial charge in [-0.1, -0.05) is 18.2 Å². The second-order valence-electron chi connectivity index (χ2n) is 4.96. The van der Waals surface area contributed by atoms with Crippen LogP contribution in [0.2, 0.25) is 0 Å². The summed E-state index contributed by atoms with van der Waals surface area (Å²) in [5, 5.41) is 8.82. The van der Waals surface area contributed by atoms with E-state index < -0.39 is 0 Å². The molecule has 0 spiro atoms. The number of fused-ring (bicyclic) bond motifs is 1. The van der Waals surface area contributed by atoms with Crippen LogP contribution < -0.4 is 4.90 Å². The van der Waals surface area contributed by atoms with Crippen LogP contribution >= 0.6 is 0 Å². The van der Waals surface area contributed by atoms with Gasteiger partial charge < -0.3 is 14.9 Å². The van der Waals surface area contributed by atoms with Crippen LogP contribution in [-0.2, 0) is 16.0 Å². The lowest BCUT2D eigenvalue weighted by Crippen LogP contribution is -2.39. The van der Waals surface area contributed by atoms with Crippen molar-refractivity contribution in [3.05, 3.63) is 29.8 Å². The van der Waals surface area contributed by atoms with Gasteiger partial charge in [0.1, 0.15) is 0 Å². The molecule has 2 amide bonds. The van der Waals surface area contributed by atoms with Gasteiger partial charge in [-0.25, -0.2) is 0 Å². The molecule has 0 unspecified atom stereocenters. The Morgan fingerprint density at radius 2 is 2.10 bits per heavy atom. The fourth-order valence-corrected chi connectivity index (χ4v) is 2.41. The van der Waals surface area contributed by atoms with Crippen molar-refractivity contribution in [3.63, 3.8) is 0 Å². The van der Waals surface area contributed by atoms with Gasteiger partial charge in [0.2, 0.25) is 11.8 Å². The van der Waals surface area contributed by atoms with Gasteiger partial charge in [-0.3, -0.25) is 9.59 Å². The number of anilines is 1. The molecular formula is C15H20N2O3. The zero-order valence-corrected chi connectivity index (χ0v) is 11.7. The predicted molar refractivity (Wildman–Crippen MR) is 76.5 cm³/mol. The SMILES string of the molecule is CN(CCO)C(=O)CCN1C(=O)CCc2ccccc21. The lowest BCUT2D eigenvalue weighted by Gasteiger charge is -2.29. The molecule has 1 aliphatic rings. The standard InChI is InChI=1S/C15H20N2O3/c1-16(10-11-18)14(19)8-9-17-13-5-3-2-4-12(13)6-7-15(17)20/h2-5,18H,6-11H2,1H3. The van der Waals surface area contributed by atoms with Gasteiger partial charge in [-0.15, -0.1) is 0 Å². The number of hydrogen-bond acceptors (Lipinski definition) is 3. The molecule has 0 aliphatic carbocycles. The van der Waals surface area contributed by atoms with Crippen LogP contribution in [0, 0.1) is 0 Å². The summed E-state index contributed by atoms with van der Waals surface area (Å²) in [6.07, 6.45) is 1.54. The summed E-state index contributed by atoms with van der Waals surface area (Å²) in [5.41, 5.74) is 2.07. The van der Waals surface area contributed by atoms with Crippen molar-refractivity contribution in [2.24, 2.45) is 0 Å². The minimum absolute atomic E-state index is 0.0479. The van der Waals surface area contributed by atoms with Crippen LogP contribution in [-0.4, -0.2) is 48.6 Å². The van der Waals surface area contributed by atoms with Crippen molar-refractivity contribution in [3.8, 4) is 0 Å². The summed E-state index contributed by atoms with van der Waals surface area (Å²) >= 11 is 0. The van der Waals surface area contributed by atoms with Gasteiger partial charge in [0.05, 0.1) is 6.61 Å². The summed E-state index contributed by atoms with van der Waals surface area (Å²) < 4.78 is 0. The molecule has 20 heavy (non-hydrogen) atoms. The van der Waals surface area contributed by atoms with Crippen LogP contribution in [0.25, 0.3) is 0 Å². The maximum Gasteiger partial charge on any atom is 0.227 e. The van der Waals surface area contributed by atoms with E-state index in [4.69, 9.17) is 5.11 Å². The monoisotopic (exact) mass is 276 g/mol. The number of benzene rings is 1. The number of rotatable bonds is 5. The molecule has 0 fully saturated rings. The maximum absolute atomic E-state index is 12.0. The molecule has 5 nitrogen and oxygen atoms in total. The number of aliphatic hydroxyl groups is 1. The molecular weight excluding hydrogens is 256 g/mol. The number of carbonyl (C=O) groups excluding carboxylic acids is 2. The Balaban J connectivity index is 2.02. The van der Waals surface area contributed by atoms with Crippen molar-refractivity contribution < 1.29 is 14.7 Å². The topological polar surface area (TPSA) is 60.9 Å². The highest BCUT2D eigenvalue weighted by Crippen LogP contribution is 2.27. The average Bonchev–Trinajstić information content (AvgIpc) is 2.46. The molecule has 1 aromatic carbocycles. The fraction of sp³-hybridized carbons (Fsp3) is 0.467. The second-order valence-corrected chi connectivity index (χ2v) is 4.96. The van der Waals surface area contributed by atoms with Crippen molar-refractivity contribution in [1.29, 1.82) is 0 Å². The smallest absolute Gasteiger partial charge is 0.227 e. The minimum atomic E-state index is -0.0603. The third-order valence-corrected chi connectivity index (χ3v) is 3.60. The summed E-state index contributed by atoms with van der Waals surface area (Å²) in [6, 6.07) is 7.82. The molecule has 1 aromatic rings. The number of likely N-dealkylation sites (N-methyl/N-ethyl adjacent to an activating group) is 1. The number of para-hydroxylation sites is 1. The molecule has 1 N–H and O–H groups in total. The Bertz CT molecular complexity index is 502. The van der Waals surface area contributed by atoms with Gasteiger partial charge in [-0.2, -0.15) is 0 Å². The first kappa shape index (κ1) is 14.5. The zero-order valence-electron chi connectivity index (χ0n) is 11.7. The van der Waals surface area contributed by atoms with Crippen LogP contribution in [0.4, 0.5) is 5.69 Å². The third kappa shape index (κ3) is 3.17. The number of aliphatic hydroxyl groups excluding tert-OH is 1. The van der Waals surface area contributed by atoms with E-state index in [2.05, 4.69) is 0 Å². The number of hydrogen-bond donors (Lipinski definition) is 1. The largest absolute Gasteiger partial charge is 0.395 e. The quantitative estimate of drug-likeness (QED) is 0.865. The first-order chi connectivity index (χ1) is 9.63. The number of nitrogens with zero attached hydrogens (tertiary/aromatic N) is 2. The predicted octanol–water partition coefficient (Wildman–Crippen LogP) is 0.807. The molecule has 0 aromatic heterocycles. The average molecular weight is 276 g/mol. The summed E-state index contributed by atoms with van der Waals surface area (Å²) in [7, 11) is 1.66. The van der Waals surface area contributed by atoms with Gasteiger partial charge in [0, 0.05) is 38.7 Å². The molecule has 0 radical (unpaired) electrons. The third-order valence-electron chi connectivity index (χ3n) is 3.60. The molecule has 0 saturated heterocycles. The molecule has 0 bridgehead atoms. The van der Waals surface area contributed by atoms with Crippen LogP contribution in [0.3, 0.4) is 0 Å². The van der Waals surface area contributed by atoms with Crippen molar-refractivity contribution in [2.45, 2.75) is 19.3 Å². The van der Waals surface area contributed by atoms with E-state index in [1.54, 1.807) is 11.9 Å². The normalized spacial score (nSPS) is 14.1. The van der Waals surface area contributed by atoms with E-state index >= 15 is 0 Å². The summed E-state index contributed by atoms with van der Waals surface area (Å²) in [6.45, 7) is 0.668. The molecule has 0 saturated carbocycles. The lowest BCUT2D eigenvalue weighted by molar-refractivity contribution is -0.130. The Morgan fingerprint density at radius 3 is 2.85 bits per heavy atom. The summed E-state index contributed by atoms with van der Waals surface area (Å²) in [4.78, 5) is 27.1. The van der Waals surface area contributed by atoms with Crippen LogP contribution in [0.5, 0.6) is 0 Å².